The maximum absolute atomic E-state index is 11.1. The molecule has 1 aliphatic carbocycles. The molecule has 0 radical (unpaired) electrons. The molecule has 2 nitrogen and oxygen atoms in total. The van der Waals surface area contributed by atoms with Crippen LogP contribution in [0.2, 0.25) is 0 Å². The lowest BCUT2D eigenvalue weighted by Crippen LogP contribution is -2.33. The van der Waals surface area contributed by atoms with E-state index in [0.717, 1.165) is 11.1 Å². The molecule has 1 aliphatic rings. The molecule has 0 saturated carbocycles. The fourth-order valence-corrected chi connectivity index (χ4v) is 3.73. The third kappa shape index (κ3) is 3.68. The van der Waals surface area contributed by atoms with Gasteiger partial charge in [-0.1, -0.05) is 57.7 Å². The molecule has 1 N–H and O–H groups in total. The second-order valence-electron chi connectivity index (χ2n) is 8.51. The number of hydrogen-bond acceptors (Lipinski definition) is 1. The van der Waals surface area contributed by atoms with Crippen molar-refractivity contribution in [2.75, 3.05) is 0 Å². The summed E-state index contributed by atoms with van der Waals surface area (Å²) in [5, 5.41) is 9.08. The van der Waals surface area contributed by atoms with Crippen molar-refractivity contribution >= 4 is 5.97 Å². The predicted octanol–water partition coefficient (Wildman–Crippen LogP) is 5.33. The minimum absolute atomic E-state index is 0.179. The van der Waals surface area contributed by atoms with Gasteiger partial charge in [0.05, 0.1) is 5.56 Å². The van der Waals surface area contributed by atoms with Gasteiger partial charge >= 0.3 is 5.97 Å². The van der Waals surface area contributed by atoms with E-state index < -0.39 is 5.97 Å². The van der Waals surface area contributed by atoms with Gasteiger partial charge in [-0.05, 0) is 64.6 Å². The molecule has 2 aromatic carbocycles. The molecule has 2 heteroatoms. The second-order valence-corrected chi connectivity index (χ2v) is 8.51. The standard InChI is InChI=1S/C24H26O2/c1-23(2)13-14-24(3,4)21-16-18(11-12-20(21)23)8-5-7-17-9-6-10-19(15-17)22(25)26/h6,9-12,15-16H,7,13-14H2,1-4H3,(H,25,26). The third-order valence-electron chi connectivity index (χ3n) is 5.55. The van der Waals surface area contributed by atoms with Gasteiger partial charge in [0, 0.05) is 12.0 Å². The molecule has 0 amide bonds. The summed E-state index contributed by atoms with van der Waals surface area (Å²) in [6, 6.07) is 13.6. The van der Waals surface area contributed by atoms with E-state index in [4.69, 9.17) is 5.11 Å². The van der Waals surface area contributed by atoms with E-state index in [1.165, 1.54) is 24.0 Å². The predicted molar refractivity (Wildman–Crippen MR) is 106 cm³/mol. The average molecular weight is 346 g/mol. The smallest absolute Gasteiger partial charge is 0.335 e. The molecule has 0 spiro atoms. The highest BCUT2D eigenvalue weighted by molar-refractivity contribution is 5.87. The Labute approximate surface area is 156 Å². The van der Waals surface area contributed by atoms with E-state index in [1.807, 2.05) is 6.07 Å². The summed E-state index contributed by atoms with van der Waals surface area (Å²) in [7, 11) is 0. The van der Waals surface area contributed by atoms with Crippen molar-refractivity contribution in [1.29, 1.82) is 0 Å². The van der Waals surface area contributed by atoms with Crippen LogP contribution in [0.25, 0.3) is 0 Å². The van der Waals surface area contributed by atoms with E-state index in [-0.39, 0.29) is 10.8 Å². The van der Waals surface area contributed by atoms with Crippen LogP contribution in [-0.2, 0) is 17.3 Å². The van der Waals surface area contributed by atoms with Gasteiger partial charge in [-0.3, -0.25) is 0 Å². The Morgan fingerprint density at radius 2 is 1.69 bits per heavy atom. The molecule has 26 heavy (non-hydrogen) atoms. The fourth-order valence-electron chi connectivity index (χ4n) is 3.73. The van der Waals surface area contributed by atoms with Crippen LogP contribution < -0.4 is 0 Å². The topological polar surface area (TPSA) is 37.3 Å². The summed E-state index contributed by atoms with van der Waals surface area (Å²) in [6.07, 6.45) is 2.94. The van der Waals surface area contributed by atoms with Gasteiger partial charge in [-0.2, -0.15) is 0 Å². The second kappa shape index (κ2) is 6.65. The SMILES string of the molecule is CC1(C)CCC(C)(C)c2cc(C#CCc3cccc(C(=O)O)c3)ccc21. The first kappa shape index (κ1) is 18.3. The Bertz CT molecular complexity index is 907. The molecule has 0 aliphatic heterocycles. The number of carboxylic acids is 1. The minimum atomic E-state index is -0.903. The third-order valence-corrected chi connectivity index (χ3v) is 5.55. The Kier molecular flexibility index (Phi) is 4.67. The van der Waals surface area contributed by atoms with E-state index in [9.17, 15) is 4.79 Å². The van der Waals surface area contributed by atoms with Crippen LogP contribution in [-0.4, -0.2) is 11.1 Å². The zero-order chi connectivity index (χ0) is 18.9. The maximum atomic E-state index is 11.1. The highest BCUT2D eigenvalue weighted by atomic mass is 16.4. The number of fused-ring (bicyclic) bond motifs is 1. The van der Waals surface area contributed by atoms with Gasteiger partial charge in [0.25, 0.3) is 0 Å². The molecule has 0 aromatic heterocycles. The number of rotatable bonds is 2. The number of aromatic carboxylic acids is 1. The Morgan fingerprint density at radius 1 is 1.00 bits per heavy atom. The summed E-state index contributed by atoms with van der Waals surface area (Å²) in [4.78, 5) is 11.1. The maximum Gasteiger partial charge on any atom is 0.335 e. The largest absolute Gasteiger partial charge is 0.478 e. The molecule has 3 rings (SSSR count). The van der Waals surface area contributed by atoms with Crippen LogP contribution in [0.3, 0.4) is 0 Å². The van der Waals surface area contributed by atoms with Crippen LogP contribution in [0.5, 0.6) is 0 Å². The van der Waals surface area contributed by atoms with Gasteiger partial charge in [0.1, 0.15) is 0 Å². The molecular formula is C24H26O2. The van der Waals surface area contributed by atoms with Crippen molar-refractivity contribution in [3.05, 3.63) is 70.3 Å². The van der Waals surface area contributed by atoms with Crippen molar-refractivity contribution in [2.24, 2.45) is 0 Å². The van der Waals surface area contributed by atoms with Crippen LogP contribution in [0.15, 0.2) is 42.5 Å². The van der Waals surface area contributed by atoms with Crippen molar-refractivity contribution in [1.82, 2.24) is 0 Å². The Hall–Kier alpha value is -2.53. The Morgan fingerprint density at radius 3 is 2.38 bits per heavy atom. The van der Waals surface area contributed by atoms with Crippen LogP contribution in [0.4, 0.5) is 0 Å². The first-order chi connectivity index (χ1) is 12.2. The van der Waals surface area contributed by atoms with Crippen molar-refractivity contribution in [3.8, 4) is 11.8 Å². The number of hydrogen-bond donors (Lipinski definition) is 1. The highest BCUT2D eigenvalue weighted by Gasteiger charge is 2.36. The van der Waals surface area contributed by atoms with E-state index in [2.05, 4.69) is 57.7 Å². The van der Waals surface area contributed by atoms with Gasteiger partial charge < -0.3 is 5.11 Å². The normalized spacial score (nSPS) is 16.9. The molecule has 2 aromatic rings. The molecule has 0 bridgehead atoms. The van der Waals surface area contributed by atoms with E-state index in [1.54, 1.807) is 18.2 Å². The van der Waals surface area contributed by atoms with Gasteiger partial charge in [0.2, 0.25) is 0 Å². The summed E-state index contributed by atoms with van der Waals surface area (Å²) in [5.41, 5.74) is 5.51. The van der Waals surface area contributed by atoms with Gasteiger partial charge in [0.15, 0.2) is 0 Å². The molecule has 0 fully saturated rings. The number of carbonyl (C=O) groups is 1. The minimum Gasteiger partial charge on any atom is -0.478 e. The van der Waals surface area contributed by atoms with E-state index in [0.29, 0.717) is 12.0 Å². The van der Waals surface area contributed by atoms with Gasteiger partial charge in [-0.25, -0.2) is 4.79 Å². The molecular weight excluding hydrogens is 320 g/mol. The lowest BCUT2D eigenvalue weighted by Gasteiger charge is -2.41. The van der Waals surface area contributed by atoms with Crippen LogP contribution in [0.1, 0.15) is 73.1 Å². The first-order valence-corrected chi connectivity index (χ1v) is 9.15. The van der Waals surface area contributed by atoms with Crippen molar-refractivity contribution in [2.45, 2.75) is 57.8 Å². The first-order valence-electron chi connectivity index (χ1n) is 9.15. The zero-order valence-corrected chi connectivity index (χ0v) is 16.0. The molecule has 0 heterocycles. The fraction of sp³-hybridized carbons (Fsp3) is 0.375. The molecule has 134 valence electrons. The van der Waals surface area contributed by atoms with Gasteiger partial charge in [-0.15, -0.1) is 0 Å². The summed E-state index contributed by atoms with van der Waals surface area (Å²) < 4.78 is 0. The number of benzene rings is 2. The number of carboxylic acid groups (broad SMARTS) is 1. The zero-order valence-electron chi connectivity index (χ0n) is 16.0. The quantitative estimate of drug-likeness (QED) is 0.747. The highest BCUT2D eigenvalue weighted by Crippen LogP contribution is 2.45. The average Bonchev–Trinajstić information content (AvgIpc) is 2.59. The monoisotopic (exact) mass is 346 g/mol. The summed E-state index contributed by atoms with van der Waals surface area (Å²) >= 11 is 0. The molecule has 0 saturated heterocycles. The lowest BCUT2D eigenvalue weighted by atomic mass is 9.63. The van der Waals surface area contributed by atoms with Crippen LogP contribution in [0, 0.1) is 11.8 Å². The molecule has 0 atom stereocenters. The lowest BCUT2D eigenvalue weighted by molar-refractivity contribution is 0.0696. The summed E-state index contributed by atoms with van der Waals surface area (Å²) in [6.45, 7) is 9.27. The Balaban J connectivity index is 1.86. The summed E-state index contributed by atoms with van der Waals surface area (Å²) in [5.74, 6) is 5.55. The van der Waals surface area contributed by atoms with Crippen molar-refractivity contribution < 1.29 is 9.90 Å². The molecule has 0 unspecified atom stereocenters. The van der Waals surface area contributed by atoms with Crippen molar-refractivity contribution in [3.63, 3.8) is 0 Å². The van der Waals surface area contributed by atoms with Crippen LogP contribution >= 0.6 is 0 Å². The van der Waals surface area contributed by atoms with E-state index >= 15 is 0 Å².